The molecule has 6 rings (SSSR count). The topological polar surface area (TPSA) is 67.9 Å². The van der Waals surface area contributed by atoms with E-state index >= 15 is 0 Å². The van der Waals surface area contributed by atoms with Gasteiger partial charge in [0.1, 0.15) is 6.07 Å². The minimum atomic E-state index is 0.128. The van der Waals surface area contributed by atoms with Gasteiger partial charge in [-0.2, -0.15) is 10.4 Å². The maximum absolute atomic E-state index is 13.4. The van der Waals surface area contributed by atoms with Gasteiger partial charge in [0.2, 0.25) is 0 Å². The molecule has 0 bridgehead atoms. The van der Waals surface area contributed by atoms with Gasteiger partial charge in [0.05, 0.1) is 24.4 Å². The fourth-order valence-electron chi connectivity index (χ4n) is 9.21. The summed E-state index contributed by atoms with van der Waals surface area (Å²) >= 11 is 0. The Morgan fingerprint density at radius 2 is 2.03 bits per heavy atom. The molecule has 5 heteroatoms. The van der Waals surface area contributed by atoms with Crippen molar-refractivity contribution in [3.8, 4) is 6.07 Å². The van der Waals surface area contributed by atoms with Crippen LogP contribution in [0.15, 0.2) is 12.4 Å². The van der Waals surface area contributed by atoms with Crippen LogP contribution in [0.25, 0.3) is 0 Å². The van der Waals surface area contributed by atoms with E-state index in [0.717, 1.165) is 48.5 Å². The van der Waals surface area contributed by atoms with Crippen LogP contribution < -0.4 is 0 Å². The lowest BCUT2D eigenvalue weighted by Crippen LogP contribution is -2.53. The van der Waals surface area contributed by atoms with Gasteiger partial charge in [-0.15, -0.1) is 0 Å². The molecule has 9 atom stereocenters. The summed E-state index contributed by atoms with van der Waals surface area (Å²) in [6.45, 7) is 6.18. The third-order valence-electron chi connectivity index (χ3n) is 10.9. The van der Waals surface area contributed by atoms with Gasteiger partial charge in [-0.1, -0.05) is 13.8 Å². The molecule has 0 radical (unpaired) electrons. The average Bonchev–Trinajstić information content (AvgIpc) is 3.43. The summed E-state index contributed by atoms with van der Waals surface area (Å²) < 4.78 is 8.35. The summed E-state index contributed by atoms with van der Waals surface area (Å²) in [6.07, 6.45) is 16.6. The molecule has 5 aliphatic carbocycles. The summed E-state index contributed by atoms with van der Waals surface area (Å²) in [5.74, 6) is 5.95. The predicted molar refractivity (Wildman–Crippen MR) is 130 cm³/mol. The van der Waals surface area contributed by atoms with Gasteiger partial charge >= 0.3 is 0 Å². The number of nitriles is 1. The molecular formula is C29H41N3O2. The highest BCUT2D eigenvalue weighted by atomic mass is 16.5. The average molecular weight is 464 g/mol. The van der Waals surface area contributed by atoms with Crippen molar-refractivity contribution in [2.75, 3.05) is 6.61 Å². The first-order valence-corrected chi connectivity index (χ1v) is 14.0. The van der Waals surface area contributed by atoms with E-state index in [1.165, 1.54) is 57.8 Å². The highest BCUT2D eigenvalue weighted by Crippen LogP contribution is 2.64. The third-order valence-corrected chi connectivity index (χ3v) is 10.9. The first-order valence-electron chi connectivity index (χ1n) is 14.0. The maximum Gasteiger partial charge on any atom is 0.157 e. The number of carbonyl (C=O) groups excluding carboxylic acids is 1. The van der Waals surface area contributed by atoms with Crippen LogP contribution in [-0.2, 0) is 16.1 Å². The molecule has 184 valence electrons. The quantitative estimate of drug-likeness (QED) is 0.548. The lowest BCUT2D eigenvalue weighted by atomic mass is 9.48. The van der Waals surface area contributed by atoms with Gasteiger partial charge in [0, 0.05) is 18.7 Å². The minimum absolute atomic E-state index is 0.128. The Labute approximate surface area is 204 Å². The standard InChI is InChI=1S/C29H41N3O2/c1-18-11-21-5-6-22-23(28(21)27(12-18)34-17-19-3-4-19)9-10-29(2)24(22)7-8-25(29)26(33)16-32-15-20(13-30)14-31-32/h14-15,18-19,21-25,27-28H,3-12,16-17H2,1-2H3. The zero-order chi connectivity index (χ0) is 23.4. The first kappa shape index (κ1) is 22.8. The highest BCUT2D eigenvalue weighted by molar-refractivity contribution is 5.82. The van der Waals surface area contributed by atoms with Crippen LogP contribution in [0.2, 0.25) is 0 Å². The lowest BCUT2D eigenvalue weighted by Gasteiger charge is -2.57. The zero-order valence-electron chi connectivity index (χ0n) is 21.0. The monoisotopic (exact) mass is 463 g/mol. The molecule has 0 saturated heterocycles. The molecule has 1 aromatic heterocycles. The largest absolute Gasteiger partial charge is 0.378 e. The SMILES string of the molecule is CC1CC2CCC3C(CCC4(C)C(C(=O)Cn5cc(C#N)cn5)CCC34)C2C(OCC2CC2)C1. The number of carbonyl (C=O) groups is 1. The van der Waals surface area contributed by atoms with Crippen molar-refractivity contribution in [2.24, 2.45) is 52.8 Å². The smallest absolute Gasteiger partial charge is 0.157 e. The van der Waals surface area contributed by atoms with E-state index in [-0.39, 0.29) is 11.3 Å². The second-order valence-electron chi connectivity index (χ2n) is 12.9. The summed E-state index contributed by atoms with van der Waals surface area (Å²) in [5.41, 5.74) is 0.656. The van der Waals surface area contributed by atoms with Gasteiger partial charge in [0.15, 0.2) is 5.78 Å². The number of ether oxygens (including phenoxy) is 1. The van der Waals surface area contributed by atoms with Crippen LogP contribution in [0.4, 0.5) is 0 Å². The number of aromatic nitrogens is 2. The van der Waals surface area contributed by atoms with Crippen LogP contribution in [0, 0.1) is 64.1 Å². The number of hydrogen-bond acceptors (Lipinski definition) is 4. The van der Waals surface area contributed by atoms with Crippen LogP contribution in [0.1, 0.15) is 83.6 Å². The van der Waals surface area contributed by atoms with Crippen LogP contribution in [0.3, 0.4) is 0 Å². The van der Waals surface area contributed by atoms with Crippen molar-refractivity contribution in [3.05, 3.63) is 18.0 Å². The summed E-state index contributed by atoms with van der Waals surface area (Å²) in [5, 5.41) is 13.3. The maximum atomic E-state index is 13.4. The number of ketones is 1. The van der Waals surface area contributed by atoms with Crippen molar-refractivity contribution < 1.29 is 9.53 Å². The molecule has 0 spiro atoms. The molecule has 1 aromatic rings. The number of rotatable bonds is 6. The highest BCUT2D eigenvalue weighted by Gasteiger charge is 2.59. The van der Waals surface area contributed by atoms with Crippen LogP contribution in [-0.4, -0.2) is 28.3 Å². The summed E-state index contributed by atoms with van der Waals surface area (Å²) in [7, 11) is 0. The molecule has 9 unspecified atom stereocenters. The van der Waals surface area contributed by atoms with Crippen molar-refractivity contribution >= 4 is 5.78 Å². The summed E-state index contributed by atoms with van der Waals surface area (Å²) in [6, 6.07) is 2.12. The van der Waals surface area contributed by atoms with E-state index in [0.29, 0.717) is 29.9 Å². The molecule has 0 N–H and O–H groups in total. The minimum Gasteiger partial charge on any atom is -0.378 e. The Balaban J connectivity index is 1.18. The molecule has 5 aliphatic rings. The molecular weight excluding hydrogens is 422 g/mol. The normalized spacial score (nSPS) is 43.4. The molecule has 5 nitrogen and oxygen atoms in total. The Morgan fingerprint density at radius 3 is 2.79 bits per heavy atom. The Bertz CT molecular complexity index is 961. The molecule has 34 heavy (non-hydrogen) atoms. The Hall–Kier alpha value is -1.67. The van der Waals surface area contributed by atoms with E-state index in [2.05, 4.69) is 25.0 Å². The van der Waals surface area contributed by atoms with Crippen LogP contribution >= 0.6 is 0 Å². The van der Waals surface area contributed by atoms with E-state index < -0.39 is 0 Å². The molecule has 5 fully saturated rings. The number of nitrogens with zero attached hydrogens (tertiary/aromatic N) is 3. The number of fused-ring (bicyclic) bond motifs is 5. The van der Waals surface area contributed by atoms with Gasteiger partial charge in [-0.05, 0) is 111 Å². The second kappa shape index (κ2) is 8.77. The Kier molecular flexibility index (Phi) is 5.87. The van der Waals surface area contributed by atoms with E-state index in [1.807, 2.05) is 0 Å². The number of Topliss-reactive ketones (excluding diaryl/α,β-unsaturated/α-hetero) is 1. The fourth-order valence-corrected chi connectivity index (χ4v) is 9.21. The van der Waals surface area contributed by atoms with Crippen LogP contribution in [0.5, 0.6) is 0 Å². The predicted octanol–water partition coefficient (Wildman–Crippen LogP) is 5.63. The zero-order valence-corrected chi connectivity index (χ0v) is 21.0. The van der Waals surface area contributed by atoms with Crippen molar-refractivity contribution in [3.63, 3.8) is 0 Å². The molecule has 0 aliphatic heterocycles. The van der Waals surface area contributed by atoms with E-state index in [9.17, 15) is 4.79 Å². The lowest BCUT2D eigenvalue weighted by molar-refractivity contribution is -0.142. The van der Waals surface area contributed by atoms with Gasteiger partial charge in [-0.3, -0.25) is 9.48 Å². The van der Waals surface area contributed by atoms with Crippen molar-refractivity contribution in [1.29, 1.82) is 5.26 Å². The number of hydrogen-bond donors (Lipinski definition) is 0. The van der Waals surface area contributed by atoms with E-state index in [4.69, 9.17) is 10.00 Å². The van der Waals surface area contributed by atoms with Gasteiger partial charge in [0.25, 0.3) is 0 Å². The first-order chi connectivity index (χ1) is 16.5. The fraction of sp³-hybridized carbons (Fsp3) is 0.828. The molecule has 0 aromatic carbocycles. The molecule has 5 saturated carbocycles. The summed E-state index contributed by atoms with van der Waals surface area (Å²) in [4.78, 5) is 13.4. The van der Waals surface area contributed by atoms with E-state index in [1.54, 1.807) is 17.1 Å². The second-order valence-corrected chi connectivity index (χ2v) is 12.9. The Morgan fingerprint density at radius 1 is 1.18 bits per heavy atom. The molecule has 1 heterocycles. The third kappa shape index (κ3) is 3.94. The van der Waals surface area contributed by atoms with Gasteiger partial charge in [-0.25, -0.2) is 0 Å². The van der Waals surface area contributed by atoms with Crippen molar-refractivity contribution in [1.82, 2.24) is 9.78 Å². The van der Waals surface area contributed by atoms with Gasteiger partial charge < -0.3 is 4.74 Å². The molecule has 0 amide bonds. The van der Waals surface area contributed by atoms with Crippen molar-refractivity contribution in [2.45, 2.75) is 90.7 Å².